The van der Waals surface area contributed by atoms with Crippen LogP contribution in [0.1, 0.15) is 26.7 Å². The first-order valence-electron chi connectivity index (χ1n) is 7.75. The van der Waals surface area contributed by atoms with Crippen LogP contribution >= 0.6 is 7.92 Å². The monoisotopic (exact) mass is 294 g/mol. The summed E-state index contributed by atoms with van der Waals surface area (Å²) in [5.41, 5.74) is 6.20. The fourth-order valence-corrected chi connectivity index (χ4v) is 5.63. The smallest absolute Gasteiger partial charge is 0.00303 e. The molecule has 2 aliphatic carbocycles. The third-order valence-electron chi connectivity index (χ3n) is 4.43. The van der Waals surface area contributed by atoms with Gasteiger partial charge in [0.15, 0.2) is 0 Å². The van der Waals surface area contributed by atoms with Crippen molar-refractivity contribution in [3.8, 4) is 0 Å². The van der Waals surface area contributed by atoms with Gasteiger partial charge in [0.1, 0.15) is 0 Å². The highest BCUT2D eigenvalue weighted by Crippen LogP contribution is 2.42. The molecule has 0 fully saturated rings. The molecule has 0 spiro atoms. The van der Waals surface area contributed by atoms with Crippen LogP contribution in [0, 0.1) is 0 Å². The molecule has 1 atom stereocenters. The fourth-order valence-electron chi connectivity index (χ4n) is 2.99. The minimum atomic E-state index is -0.149. The van der Waals surface area contributed by atoms with Crippen LogP contribution in [0.4, 0.5) is 0 Å². The van der Waals surface area contributed by atoms with E-state index in [1.54, 1.807) is 16.7 Å². The van der Waals surface area contributed by atoms with Crippen molar-refractivity contribution in [1.29, 1.82) is 0 Å². The van der Waals surface area contributed by atoms with Gasteiger partial charge < -0.3 is 0 Å². The van der Waals surface area contributed by atoms with Gasteiger partial charge in [0.25, 0.3) is 0 Å². The summed E-state index contributed by atoms with van der Waals surface area (Å²) < 4.78 is 0. The molecule has 21 heavy (non-hydrogen) atoms. The van der Waals surface area contributed by atoms with Gasteiger partial charge in [-0.1, -0.05) is 73.7 Å². The summed E-state index contributed by atoms with van der Waals surface area (Å²) in [6, 6.07) is 11.1. The first-order valence-corrected chi connectivity index (χ1v) is 9.46. The van der Waals surface area contributed by atoms with Crippen molar-refractivity contribution >= 4 is 13.2 Å². The lowest BCUT2D eigenvalue weighted by molar-refractivity contribution is 1.22. The minimum absolute atomic E-state index is 0.149. The summed E-state index contributed by atoms with van der Waals surface area (Å²) in [5, 5.41) is 1.54. The van der Waals surface area contributed by atoms with Gasteiger partial charge in [-0.15, -0.1) is 0 Å². The van der Waals surface area contributed by atoms with E-state index < -0.39 is 0 Å². The normalized spacial score (nSPS) is 19.0. The molecule has 1 aromatic rings. The second-order valence-corrected chi connectivity index (χ2v) is 8.18. The molecule has 1 unspecified atom stereocenters. The molecule has 0 N–H and O–H groups in total. The van der Waals surface area contributed by atoms with Crippen LogP contribution in [-0.2, 0) is 0 Å². The highest BCUT2D eigenvalue weighted by molar-refractivity contribution is 7.66. The Morgan fingerprint density at radius 2 is 1.81 bits per heavy atom. The number of hydrogen-bond acceptors (Lipinski definition) is 0. The van der Waals surface area contributed by atoms with Crippen LogP contribution in [0.15, 0.2) is 76.9 Å². The summed E-state index contributed by atoms with van der Waals surface area (Å²) in [6.07, 6.45) is 14.2. The number of benzene rings is 1. The maximum atomic E-state index is 2.42. The van der Waals surface area contributed by atoms with Crippen molar-refractivity contribution in [1.82, 2.24) is 0 Å². The lowest BCUT2D eigenvalue weighted by Gasteiger charge is -2.20. The summed E-state index contributed by atoms with van der Waals surface area (Å²) in [6.45, 7) is 4.55. The van der Waals surface area contributed by atoms with Gasteiger partial charge in [-0.2, -0.15) is 0 Å². The molecular formula is C20H23P. The number of allylic oxidation sites excluding steroid dienone is 8. The van der Waals surface area contributed by atoms with Crippen molar-refractivity contribution in [3.05, 3.63) is 76.9 Å². The van der Waals surface area contributed by atoms with Crippen molar-refractivity contribution in [2.45, 2.75) is 26.7 Å². The molecule has 0 nitrogen and oxygen atoms in total. The average Bonchev–Trinajstić information content (AvgIpc) is 3.09. The summed E-state index contributed by atoms with van der Waals surface area (Å²) in [4.78, 5) is 0. The van der Waals surface area contributed by atoms with Gasteiger partial charge in [0.05, 0.1) is 0 Å². The van der Waals surface area contributed by atoms with Crippen LogP contribution < -0.4 is 5.30 Å². The largest absolute Gasteiger partial charge is 0.0802 e. The molecule has 1 aromatic carbocycles. The zero-order valence-electron chi connectivity index (χ0n) is 13.0. The third kappa shape index (κ3) is 3.44. The first kappa shape index (κ1) is 14.5. The highest BCUT2D eigenvalue weighted by Gasteiger charge is 2.18. The molecule has 0 aromatic heterocycles. The van der Waals surface area contributed by atoms with Crippen LogP contribution in [0.3, 0.4) is 0 Å². The molecule has 3 rings (SSSR count). The molecular weight excluding hydrogens is 271 g/mol. The zero-order valence-corrected chi connectivity index (χ0v) is 13.9. The van der Waals surface area contributed by atoms with E-state index in [4.69, 9.17) is 0 Å². The minimum Gasteiger partial charge on any atom is -0.0802 e. The zero-order chi connectivity index (χ0) is 14.7. The topological polar surface area (TPSA) is 0 Å². The second-order valence-electron chi connectivity index (χ2n) is 5.96. The van der Waals surface area contributed by atoms with Crippen LogP contribution in [0.25, 0.3) is 0 Å². The maximum absolute atomic E-state index is 2.42. The van der Waals surface area contributed by atoms with E-state index in [-0.39, 0.29) is 7.92 Å². The van der Waals surface area contributed by atoms with Crippen LogP contribution in [0.5, 0.6) is 0 Å². The van der Waals surface area contributed by atoms with Gasteiger partial charge in [-0.3, -0.25) is 0 Å². The van der Waals surface area contributed by atoms with Gasteiger partial charge in [0.2, 0.25) is 0 Å². The standard InChI is InChI=1S/C20H23P/c1-16-8-6-10-18(16)14-21(20-12-4-3-5-13-20)15-19-11-7-9-17(19)2/h3-6,9-13H,7-8,14-15H2,1-2H3. The van der Waals surface area contributed by atoms with Crippen molar-refractivity contribution < 1.29 is 0 Å². The molecule has 0 heterocycles. The quantitative estimate of drug-likeness (QED) is 0.642. The van der Waals surface area contributed by atoms with Crippen molar-refractivity contribution in [3.63, 3.8) is 0 Å². The molecule has 0 radical (unpaired) electrons. The van der Waals surface area contributed by atoms with Gasteiger partial charge in [-0.25, -0.2) is 0 Å². The molecule has 108 valence electrons. The SMILES string of the molecule is CC1=CCC=C1CP(CC1=C(C)CC=C1)c1ccccc1. The Hall–Kier alpha value is -1.39. The van der Waals surface area contributed by atoms with E-state index in [2.05, 4.69) is 68.5 Å². The van der Waals surface area contributed by atoms with Crippen LogP contribution in [-0.4, -0.2) is 12.3 Å². The third-order valence-corrected chi connectivity index (χ3v) is 6.90. The Kier molecular flexibility index (Phi) is 4.56. The van der Waals surface area contributed by atoms with E-state index in [1.807, 2.05) is 0 Å². The molecule has 2 aliphatic rings. The Bertz CT molecular complexity index is 629. The number of rotatable bonds is 5. The predicted molar refractivity (Wildman–Crippen MR) is 95.6 cm³/mol. The Morgan fingerprint density at radius 3 is 2.43 bits per heavy atom. The summed E-state index contributed by atoms with van der Waals surface area (Å²) in [7, 11) is -0.149. The van der Waals surface area contributed by atoms with Gasteiger partial charge >= 0.3 is 0 Å². The van der Waals surface area contributed by atoms with Gasteiger partial charge in [-0.05, 0) is 55.5 Å². The molecule has 0 amide bonds. The average molecular weight is 294 g/mol. The molecule has 0 saturated carbocycles. The lowest BCUT2D eigenvalue weighted by atomic mass is 10.2. The van der Waals surface area contributed by atoms with E-state index in [0.29, 0.717) is 0 Å². The second kappa shape index (κ2) is 6.58. The number of hydrogen-bond donors (Lipinski definition) is 0. The van der Waals surface area contributed by atoms with E-state index in [1.165, 1.54) is 23.2 Å². The Morgan fingerprint density at radius 1 is 1.00 bits per heavy atom. The summed E-state index contributed by atoms with van der Waals surface area (Å²) >= 11 is 0. The van der Waals surface area contributed by atoms with E-state index in [9.17, 15) is 0 Å². The molecule has 0 bridgehead atoms. The predicted octanol–water partition coefficient (Wildman–Crippen LogP) is 5.35. The first-order chi connectivity index (χ1) is 10.2. The van der Waals surface area contributed by atoms with Crippen LogP contribution in [0.2, 0.25) is 0 Å². The molecule has 0 saturated heterocycles. The van der Waals surface area contributed by atoms with E-state index in [0.717, 1.165) is 12.8 Å². The molecule has 0 aliphatic heterocycles. The van der Waals surface area contributed by atoms with Gasteiger partial charge in [0, 0.05) is 0 Å². The Balaban J connectivity index is 1.83. The van der Waals surface area contributed by atoms with Crippen molar-refractivity contribution in [2.75, 3.05) is 12.3 Å². The highest BCUT2D eigenvalue weighted by atomic mass is 31.1. The lowest BCUT2D eigenvalue weighted by Crippen LogP contribution is -2.08. The van der Waals surface area contributed by atoms with E-state index >= 15 is 0 Å². The molecule has 1 heteroatoms. The van der Waals surface area contributed by atoms with Crippen molar-refractivity contribution in [2.24, 2.45) is 0 Å². The maximum Gasteiger partial charge on any atom is -0.00303 e. The summed E-state index contributed by atoms with van der Waals surface area (Å²) in [5.74, 6) is 0. The Labute approximate surface area is 129 Å². The fraction of sp³-hybridized carbons (Fsp3) is 0.300.